The molecule has 2 nitrogen and oxygen atoms in total. The molecule has 3 aliphatic rings. The zero-order valence-electron chi connectivity index (χ0n) is 6.88. The number of rotatable bonds is 1. The maximum Gasteiger partial charge on any atom is 0.133 e. The molecule has 1 aliphatic carbocycles. The highest BCUT2D eigenvalue weighted by Gasteiger charge is 2.38. The van der Waals surface area contributed by atoms with Gasteiger partial charge in [0, 0.05) is 5.92 Å². The predicted molar refractivity (Wildman–Crippen MR) is 41.3 cm³/mol. The summed E-state index contributed by atoms with van der Waals surface area (Å²) in [5.41, 5.74) is 0. The topological polar surface area (TPSA) is 26.3 Å². The number of ketones is 1. The highest BCUT2D eigenvalue weighted by atomic mass is 16.5. The van der Waals surface area contributed by atoms with E-state index in [-0.39, 0.29) is 0 Å². The lowest BCUT2D eigenvalue weighted by atomic mass is 9.74. The summed E-state index contributed by atoms with van der Waals surface area (Å²) in [7, 11) is 0. The van der Waals surface area contributed by atoms with Crippen LogP contribution in [0.1, 0.15) is 26.2 Å². The lowest BCUT2D eigenvalue weighted by Gasteiger charge is -2.41. The fraction of sp³-hybridized carbons (Fsp3) is 0.889. The Balaban J connectivity index is 2.08. The van der Waals surface area contributed by atoms with Crippen molar-refractivity contribution < 1.29 is 9.53 Å². The van der Waals surface area contributed by atoms with Gasteiger partial charge in [-0.1, -0.05) is 0 Å². The van der Waals surface area contributed by atoms with Crippen LogP contribution >= 0.6 is 0 Å². The molecule has 1 saturated carbocycles. The number of carbonyl (C=O) groups excluding carboxylic acids is 1. The van der Waals surface area contributed by atoms with Gasteiger partial charge in [0.05, 0.1) is 12.7 Å². The Morgan fingerprint density at radius 2 is 2.27 bits per heavy atom. The van der Waals surface area contributed by atoms with Crippen molar-refractivity contribution in [1.82, 2.24) is 0 Å². The molecule has 0 aromatic heterocycles. The van der Waals surface area contributed by atoms with Crippen molar-refractivity contribution >= 4 is 5.78 Å². The lowest BCUT2D eigenvalue weighted by Crippen LogP contribution is -2.42. The highest BCUT2D eigenvalue weighted by Crippen LogP contribution is 2.37. The van der Waals surface area contributed by atoms with Gasteiger partial charge in [0.1, 0.15) is 5.78 Å². The molecule has 0 radical (unpaired) electrons. The van der Waals surface area contributed by atoms with E-state index in [1.807, 2.05) is 0 Å². The molecule has 2 heterocycles. The highest BCUT2D eigenvalue weighted by molar-refractivity contribution is 5.78. The summed E-state index contributed by atoms with van der Waals surface area (Å²) in [6, 6.07) is 0. The molecule has 0 aromatic carbocycles. The zero-order valence-corrected chi connectivity index (χ0v) is 6.88. The zero-order chi connectivity index (χ0) is 7.84. The van der Waals surface area contributed by atoms with E-state index in [1.54, 1.807) is 6.92 Å². The summed E-state index contributed by atoms with van der Waals surface area (Å²) in [6.07, 6.45) is 3.76. The predicted octanol–water partition coefficient (Wildman–Crippen LogP) is 1.39. The van der Waals surface area contributed by atoms with Crippen LogP contribution in [0.3, 0.4) is 0 Å². The van der Waals surface area contributed by atoms with E-state index in [1.165, 1.54) is 12.8 Å². The van der Waals surface area contributed by atoms with Crippen molar-refractivity contribution in [3.8, 4) is 0 Å². The summed E-state index contributed by atoms with van der Waals surface area (Å²) in [5, 5.41) is 0. The second-order valence-corrected chi connectivity index (χ2v) is 3.75. The van der Waals surface area contributed by atoms with Crippen molar-refractivity contribution in [1.29, 1.82) is 0 Å². The summed E-state index contributed by atoms with van der Waals surface area (Å²) in [4.78, 5) is 11.1. The minimum absolute atomic E-state index is 0.322. The molecule has 62 valence electrons. The van der Waals surface area contributed by atoms with Crippen LogP contribution in [-0.4, -0.2) is 18.5 Å². The molecule has 3 atom stereocenters. The average molecular weight is 154 g/mol. The van der Waals surface area contributed by atoms with Crippen molar-refractivity contribution in [2.45, 2.75) is 32.3 Å². The van der Waals surface area contributed by atoms with Gasteiger partial charge in [-0.05, 0) is 32.1 Å². The molecule has 3 unspecified atom stereocenters. The van der Waals surface area contributed by atoms with Crippen molar-refractivity contribution in [3.05, 3.63) is 0 Å². The first kappa shape index (κ1) is 7.29. The Bertz CT molecular complexity index is 168. The molecule has 3 rings (SSSR count). The molecular weight excluding hydrogens is 140 g/mol. The Kier molecular flexibility index (Phi) is 1.72. The monoisotopic (exact) mass is 154 g/mol. The van der Waals surface area contributed by atoms with Gasteiger partial charge in [0.15, 0.2) is 0 Å². The van der Waals surface area contributed by atoms with Crippen molar-refractivity contribution in [2.24, 2.45) is 11.8 Å². The maximum absolute atomic E-state index is 11.1. The molecular formula is C9H14O2. The molecule has 2 aliphatic heterocycles. The minimum atomic E-state index is 0.322. The van der Waals surface area contributed by atoms with E-state index in [0.29, 0.717) is 23.7 Å². The van der Waals surface area contributed by atoms with Gasteiger partial charge in [-0.2, -0.15) is 0 Å². The van der Waals surface area contributed by atoms with Crippen LogP contribution in [0, 0.1) is 11.8 Å². The van der Waals surface area contributed by atoms with Crippen LogP contribution in [0.2, 0.25) is 0 Å². The van der Waals surface area contributed by atoms with Gasteiger partial charge in [-0.15, -0.1) is 0 Å². The van der Waals surface area contributed by atoms with Crippen LogP contribution in [0.5, 0.6) is 0 Å². The van der Waals surface area contributed by atoms with Crippen LogP contribution < -0.4 is 0 Å². The number of hydrogen-bond acceptors (Lipinski definition) is 2. The minimum Gasteiger partial charge on any atom is -0.378 e. The molecule has 2 bridgehead atoms. The third-order valence-corrected chi connectivity index (χ3v) is 3.01. The number of carbonyl (C=O) groups is 1. The fourth-order valence-corrected chi connectivity index (χ4v) is 2.30. The average Bonchev–Trinajstić information content (AvgIpc) is 2.06. The maximum atomic E-state index is 11.1. The first-order valence-corrected chi connectivity index (χ1v) is 4.39. The van der Waals surface area contributed by atoms with Crippen LogP contribution in [-0.2, 0) is 9.53 Å². The number of hydrogen-bond donors (Lipinski definition) is 0. The van der Waals surface area contributed by atoms with Crippen LogP contribution in [0.25, 0.3) is 0 Å². The van der Waals surface area contributed by atoms with E-state index in [2.05, 4.69) is 0 Å². The number of fused-ring (bicyclic) bond motifs is 3. The largest absolute Gasteiger partial charge is 0.378 e. The molecule has 0 aromatic rings. The van der Waals surface area contributed by atoms with Gasteiger partial charge in [0.2, 0.25) is 0 Å². The Hall–Kier alpha value is -0.370. The Morgan fingerprint density at radius 3 is 2.55 bits per heavy atom. The van der Waals surface area contributed by atoms with Gasteiger partial charge < -0.3 is 4.74 Å². The summed E-state index contributed by atoms with van der Waals surface area (Å²) in [6.45, 7) is 2.54. The van der Waals surface area contributed by atoms with Crippen molar-refractivity contribution in [3.63, 3.8) is 0 Å². The summed E-state index contributed by atoms with van der Waals surface area (Å²) >= 11 is 0. The normalized spacial score (nSPS) is 42.5. The smallest absolute Gasteiger partial charge is 0.133 e. The first-order valence-electron chi connectivity index (χ1n) is 4.39. The standard InChI is InChI=1S/C9H14O2/c1-6(10)9-4-8-3-2-7(9)5-11-8/h7-9H,2-5H2,1H3. The molecule has 0 spiro atoms. The molecule has 2 saturated heterocycles. The molecule has 11 heavy (non-hydrogen) atoms. The SMILES string of the molecule is CC(=O)C1CC2CCC1CO2. The van der Waals surface area contributed by atoms with E-state index >= 15 is 0 Å². The van der Waals surface area contributed by atoms with E-state index in [4.69, 9.17) is 4.74 Å². The first-order chi connectivity index (χ1) is 5.27. The number of ether oxygens (including phenoxy) is 1. The van der Waals surface area contributed by atoms with E-state index < -0.39 is 0 Å². The summed E-state index contributed by atoms with van der Waals surface area (Å²) < 4.78 is 5.51. The Labute approximate surface area is 66.9 Å². The summed E-state index contributed by atoms with van der Waals surface area (Å²) in [5.74, 6) is 1.23. The van der Waals surface area contributed by atoms with E-state index in [9.17, 15) is 4.79 Å². The third-order valence-electron chi connectivity index (χ3n) is 3.01. The van der Waals surface area contributed by atoms with Crippen LogP contribution in [0.15, 0.2) is 0 Å². The lowest BCUT2D eigenvalue weighted by molar-refractivity contribution is -0.138. The van der Waals surface area contributed by atoms with Crippen LogP contribution in [0.4, 0.5) is 0 Å². The third kappa shape index (κ3) is 1.20. The van der Waals surface area contributed by atoms with E-state index in [0.717, 1.165) is 13.0 Å². The molecule has 3 fully saturated rings. The second-order valence-electron chi connectivity index (χ2n) is 3.75. The Morgan fingerprint density at radius 1 is 1.45 bits per heavy atom. The van der Waals surface area contributed by atoms with Gasteiger partial charge in [-0.3, -0.25) is 4.79 Å². The quantitative estimate of drug-likeness (QED) is 0.570. The second kappa shape index (κ2) is 2.59. The van der Waals surface area contributed by atoms with Gasteiger partial charge in [0.25, 0.3) is 0 Å². The van der Waals surface area contributed by atoms with Gasteiger partial charge in [-0.25, -0.2) is 0 Å². The number of Topliss-reactive ketones (excluding diaryl/α,β-unsaturated/α-hetero) is 1. The molecule has 0 N–H and O–H groups in total. The van der Waals surface area contributed by atoms with Gasteiger partial charge >= 0.3 is 0 Å². The molecule has 2 heteroatoms. The fourth-order valence-electron chi connectivity index (χ4n) is 2.30. The molecule has 0 amide bonds. The van der Waals surface area contributed by atoms with Crippen molar-refractivity contribution in [2.75, 3.05) is 6.61 Å².